The van der Waals surface area contributed by atoms with Crippen LogP contribution in [0.15, 0.2) is 48.8 Å². The summed E-state index contributed by atoms with van der Waals surface area (Å²) in [5.74, 6) is -2.12. The molecule has 0 aliphatic heterocycles. The third-order valence-corrected chi connectivity index (χ3v) is 2.49. The highest BCUT2D eigenvalue weighted by molar-refractivity contribution is 6.39. The second-order valence-electron chi connectivity index (χ2n) is 4.00. The monoisotopic (exact) mass is 273 g/mol. The van der Waals surface area contributed by atoms with Crippen molar-refractivity contribution in [1.82, 2.24) is 10.3 Å². The molecule has 1 heterocycles. The first-order chi connectivity index (χ1) is 9.65. The van der Waals surface area contributed by atoms with E-state index >= 15 is 0 Å². The number of amides is 2. The number of pyridine rings is 1. The number of anilines is 1. The smallest absolute Gasteiger partial charge is 0.313 e. The first kappa shape index (κ1) is 13.7. The average Bonchev–Trinajstić information content (AvgIpc) is 2.46. The number of nitrogens with one attached hydrogen (secondary N) is 2. The highest BCUT2D eigenvalue weighted by Gasteiger charge is 2.13. The summed E-state index contributed by atoms with van der Waals surface area (Å²) in [7, 11) is 0. The molecule has 0 radical (unpaired) electrons. The second-order valence-corrected chi connectivity index (χ2v) is 4.00. The van der Waals surface area contributed by atoms with E-state index in [0.717, 1.165) is 11.6 Å². The number of carbonyl (C=O) groups excluding carboxylic acids is 2. The zero-order chi connectivity index (χ0) is 14.4. The summed E-state index contributed by atoms with van der Waals surface area (Å²) >= 11 is 0. The van der Waals surface area contributed by atoms with Crippen molar-refractivity contribution in [2.75, 3.05) is 5.32 Å². The van der Waals surface area contributed by atoms with E-state index in [2.05, 4.69) is 15.6 Å². The van der Waals surface area contributed by atoms with Crippen LogP contribution in [-0.4, -0.2) is 16.8 Å². The molecule has 6 heteroatoms. The molecule has 0 fully saturated rings. The molecule has 0 aliphatic rings. The summed E-state index contributed by atoms with van der Waals surface area (Å²) in [5, 5.41) is 4.78. The van der Waals surface area contributed by atoms with Gasteiger partial charge in [0.2, 0.25) is 0 Å². The minimum atomic E-state index is -0.843. The lowest BCUT2D eigenvalue weighted by Crippen LogP contribution is -2.34. The number of benzene rings is 1. The van der Waals surface area contributed by atoms with Gasteiger partial charge in [0.25, 0.3) is 0 Å². The molecule has 5 nitrogen and oxygen atoms in total. The zero-order valence-electron chi connectivity index (χ0n) is 10.5. The molecule has 1 aromatic carbocycles. The molecule has 0 spiro atoms. The van der Waals surface area contributed by atoms with Crippen LogP contribution in [0.3, 0.4) is 0 Å². The molecule has 2 rings (SSSR count). The van der Waals surface area contributed by atoms with Gasteiger partial charge < -0.3 is 10.6 Å². The van der Waals surface area contributed by atoms with Crippen LogP contribution in [0, 0.1) is 5.82 Å². The lowest BCUT2D eigenvalue weighted by atomic mass is 10.2. The SMILES string of the molecule is O=C(NCc1ccncc1)C(=O)Nc1cccc(F)c1. The lowest BCUT2D eigenvalue weighted by molar-refractivity contribution is -0.136. The Morgan fingerprint density at radius 3 is 2.55 bits per heavy atom. The Morgan fingerprint density at radius 2 is 1.85 bits per heavy atom. The highest BCUT2D eigenvalue weighted by atomic mass is 19.1. The van der Waals surface area contributed by atoms with Gasteiger partial charge in [0, 0.05) is 24.6 Å². The Labute approximate surface area is 114 Å². The molecule has 2 amide bonds. The van der Waals surface area contributed by atoms with Crippen LogP contribution in [0.25, 0.3) is 0 Å². The molecule has 0 unspecified atom stereocenters. The topological polar surface area (TPSA) is 71.1 Å². The quantitative estimate of drug-likeness (QED) is 0.832. The van der Waals surface area contributed by atoms with Crippen LogP contribution in [0.4, 0.5) is 10.1 Å². The maximum absolute atomic E-state index is 12.9. The number of aromatic nitrogens is 1. The van der Waals surface area contributed by atoms with Gasteiger partial charge in [-0.3, -0.25) is 14.6 Å². The molecule has 1 aromatic heterocycles. The Bertz CT molecular complexity index is 617. The molecular formula is C14H12FN3O2. The second kappa shape index (κ2) is 6.42. The number of nitrogens with zero attached hydrogens (tertiary/aromatic N) is 1. The Kier molecular flexibility index (Phi) is 4.39. The number of hydrogen-bond acceptors (Lipinski definition) is 3. The lowest BCUT2D eigenvalue weighted by Gasteiger charge is -2.06. The van der Waals surface area contributed by atoms with E-state index in [1.54, 1.807) is 24.5 Å². The fraction of sp³-hybridized carbons (Fsp3) is 0.0714. The fourth-order valence-corrected chi connectivity index (χ4v) is 1.52. The third kappa shape index (κ3) is 3.88. The van der Waals surface area contributed by atoms with Crippen molar-refractivity contribution in [2.45, 2.75) is 6.54 Å². The van der Waals surface area contributed by atoms with Crippen LogP contribution in [-0.2, 0) is 16.1 Å². The van der Waals surface area contributed by atoms with E-state index in [0.29, 0.717) is 0 Å². The van der Waals surface area contributed by atoms with Crippen molar-refractivity contribution < 1.29 is 14.0 Å². The van der Waals surface area contributed by atoms with Gasteiger partial charge >= 0.3 is 11.8 Å². The minimum Gasteiger partial charge on any atom is -0.344 e. The Morgan fingerprint density at radius 1 is 1.10 bits per heavy atom. The van der Waals surface area contributed by atoms with Gasteiger partial charge in [-0.15, -0.1) is 0 Å². The number of carbonyl (C=O) groups is 2. The maximum Gasteiger partial charge on any atom is 0.313 e. The molecule has 102 valence electrons. The van der Waals surface area contributed by atoms with Crippen LogP contribution in [0.2, 0.25) is 0 Å². The molecule has 0 aliphatic carbocycles. The summed E-state index contributed by atoms with van der Waals surface area (Å²) in [4.78, 5) is 27.0. The predicted octanol–water partition coefficient (Wildman–Crippen LogP) is 1.48. The maximum atomic E-state index is 12.9. The molecule has 0 atom stereocenters. The van der Waals surface area contributed by atoms with Gasteiger partial charge in [-0.25, -0.2) is 4.39 Å². The van der Waals surface area contributed by atoms with Gasteiger partial charge in [0.15, 0.2) is 0 Å². The zero-order valence-corrected chi connectivity index (χ0v) is 10.5. The van der Waals surface area contributed by atoms with E-state index in [4.69, 9.17) is 0 Å². The van der Waals surface area contributed by atoms with Crippen LogP contribution in [0.1, 0.15) is 5.56 Å². The molecular weight excluding hydrogens is 261 g/mol. The third-order valence-electron chi connectivity index (χ3n) is 2.49. The fourth-order valence-electron chi connectivity index (χ4n) is 1.52. The van der Waals surface area contributed by atoms with E-state index in [9.17, 15) is 14.0 Å². The van der Waals surface area contributed by atoms with E-state index in [1.165, 1.54) is 18.2 Å². The first-order valence-corrected chi connectivity index (χ1v) is 5.89. The van der Waals surface area contributed by atoms with E-state index in [1.807, 2.05) is 0 Å². The van der Waals surface area contributed by atoms with Crippen molar-refractivity contribution >= 4 is 17.5 Å². The molecule has 0 saturated heterocycles. The van der Waals surface area contributed by atoms with Gasteiger partial charge in [0.05, 0.1) is 0 Å². The van der Waals surface area contributed by atoms with Gasteiger partial charge in [-0.2, -0.15) is 0 Å². The van der Waals surface area contributed by atoms with Crippen LogP contribution in [0.5, 0.6) is 0 Å². The molecule has 2 aromatic rings. The molecule has 0 saturated carbocycles. The molecule has 2 N–H and O–H groups in total. The predicted molar refractivity (Wildman–Crippen MR) is 71.1 cm³/mol. The normalized spacial score (nSPS) is 9.85. The molecule has 0 bridgehead atoms. The van der Waals surface area contributed by atoms with Gasteiger partial charge in [0.1, 0.15) is 5.82 Å². The largest absolute Gasteiger partial charge is 0.344 e. The van der Waals surface area contributed by atoms with Crippen molar-refractivity contribution in [1.29, 1.82) is 0 Å². The standard InChI is InChI=1S/C14H12FN3O2/c15-11-2-1-3-12(8-11)18-14(20)13(19)17-9-10-4-6-16-7-5-10/h1-8H,9H2,(H,17,19)(H,18,20). The Balaban J connectivity index is 1.88. The summed E-state index contributed by atoms with van der Waals surface area (Å²) in [6.07, 6.45) is 3.18. The number of hydrogen-bond donors (Lipinski definition) is 2. The number of rotatable bonds is 3. The summed E-state index contributed by atoms with van der Waals surface area (Å²) in [5.41, 5.74) is 1.06. The van der Waals surface area contributed by atoms with E-state index in [-0.39, 0.29) is 12.2 Å². The van der Waals surface area contributed by atoms with Crippen LogP contribution < -0.4 is 10.6 Å². The van der Waals surface area contributed by atoms with Crippen molar-refractivity contribution in [3.8, 4) is 0 Å². The van der Waals surface area contributed by atoms with Crippen molar-refractivity contribution in [2.24, 2.45) is 0 Å². The Hall–Kier alpha value is -2.76. The first-order valence-electron chi connectivity index (χ1n) is 5.89. The number of halogens is 1. The minimum absolute atomic E-state index is 0.220. The van der Waals surface area contributed by atoms with Gasteiger partial charge in [-0.05, 0) is 35.9 Å². The van der Waals surface area contributed by atoms with Crippen molar-refractivity contribution in [3.63, 3.8) is 0 Å². The molecule has 20 heavy (non-hydrogen) atoms. The van der Waals surface area contributed by atoms with E-state index < -0.39 is 17.6 Å². The average molecular weight is 273 g/mol. The van der Waals surface area contributed by atoms with Gasteiger partial charge in [-0.1, -0.05) is 6.07 Å². The van der Waals surface area contributed by atoms with Crippen molar-refractivity contribution in [3.05, 3.63) is 60.2 Å². The summed E-state index contributed by atoms with van der Waals surface area (Å²) in [6.45, 7) is 0.220. The highest BCUT2D eigenvalue weighted by Crippen LogP contribution is 2.08. The van der Waals surface area contributed by atoms with Crippen LogP contribution >= 0.6 is 0 Å². The summed E-state index contributed by atoms with van der Waals surface area (Å²) < 4.78 is 12.9. The summed E-state index contributed by atoms with van der Waals surface area (Å²) in [6, 6.07) is 8.78.